The van der Waals surface area contributed by atoms with E-state index in [0.29, 0.717) is 0 Å². The Balaban J connectivity index is -0.000000177. The number of benzene rings is 6. The summed E-state index contributed by atoms with van der Waals surface area (Å²) >= 11 is 0. The second-order valence-corrected chi connectivity index (χ2v) is 13.0. The fraction of sp³-hybridized carbons (Fsp3) is 0.421. The first-order valence-electron chi connectivity index (χ1n) is 22.9. The van der Waals surface area contributed by atoms with E-state index in [9.17, 15) is 0 Å². The van der Waals surface area contributed by atoms with Crippen LogP contribution in [0.25, 0.3) is 32.7 Å². The molecule has 354 valence electrons. The van der Waals surface area contributed by atoms with Gasteiger partial charge in [-0.15, -0.1) is 0 Å². The molecule has 7 rings (SSSR count). The van der Waals surface area contributed by atoms with Crippen LogP contribution < -0.4 is 0 Å². The second-order valence-electron chi connectivity index (χ2n) is 13.0. The third kappa shape index (κ3) is 26.5. The number of rotatable bonds is 2. The SMILES string of the molecule is CC.CC.CC(=O)O.CCC.CCC.CCC.CCC.CCC.CO.CO.CO.[Y].[Y].c1ccc2c(c1)-c1ccccc1C2(c1ccc2ccccc2c1)c1ccc2ccccc2c1. The summed E-state index contributed by atoms with van der Waals surface area (Å²) < 4.78 is 0. The molecule has 5 nitrogen and oxygen atoms in total. The van der Waals surface area contributed by atoms with Crippen LogP contribution in [0.2, 0.25) is 0 Å². The van der Waals surface area contributed by atoms with Gasteiger partial charge in [-0.05, 0) is 67.1 Å². The largest absolute Gasteiger partial charge is 0.481 e. The van der Waals surface area contributed by atoms with Crippen LogP contribution in [0.5, 0.6) is 0 Å². The Kier molecular flexibility index (Phi) is 62.7. The van der Waals surface area contributed by atoms with E-state index in [0.717, 1.165) is 28.3 Å². The zero-order valence-electron chi connectivity index (χ0n) is 43.6. The van der Waals surface area contributed by atoms with Crippen LogP contribution >= 0.6 is 0 Å². The molecule has 1 aliphatic carbocycles. The van der Waals surface area contributed by atoms with Crippen LogP contribution in [-0.4, -0.2) is 47.7 Å². The van der Waals surface area contributed by atoms with E-state index in [-0.39, 0.29) is 70.8 Å². The van der Waals surface area contributed by atoms with Gasteiger partial charge >= 0.3 is 0 Å². The van der Waals surface area contributed by atoms with Crippen molar-refractivity contribution < 1.29 is 90.6 Å². The summed E-state index contributed by atoms with van der Waals surface area (Å²) in [5.74, 6) is -0.833. The average Bonchev–Trinajstić information content (AvgIpc) is 3.62. The number of fused-ring (bicyclic) bond motifs is 5. The Morgan fingerprint density at radius 2 is 0.594 bits per heavy atom. The Labute approximate surface area is 443 Å². The molecule has 6 aromatic carbocycles. The summed E-state index contributed by atoms with van der Waals surface area (Å²) in [6, 6.07) is 49.2. The van der Waals surface area contributed by atoms with Gasteiger partial charge in [0.1, 0.15) is 0 Å². The van der Waals surface area contributed by atoms with Crippen molar-refractivity contribution in [3.8, 4) is 11.1 Å². The van der Waals surface area contributed by atoms with Crippen LogP contribution in [0.3, 0.4) is 0 Å². The maximum absolute atomic E-state index is 9.00. The number of carbonyl (C=O) groups is 1. The number of carboxylic acid groups (broad SMARTS) is 1. The average molecular weight is 1030 g/mol. The molecule has 7 heteroatoms. The van der Waals surface area contributed by atoms with Crippen molar-refractivity contribution in [3.63, 3.8) is 0 Å². The van der Waals surface area contributed by atoms with Gasteiger partial charge in [-0.3, -0.25) is 4.79 Å². The van der Waals surface area contributed by atoms with Crippen LogP contribution in [-0.2, 0) is 75.6 Å². The number of aliphatic hydroxyl groups excluding tert-OH is 3. The third-order valence-electron chi connectivity index (χ3n) is 7.32. The molecular weight excluding hydrogens is 942 g/mol. The summed E-state index contributed by atoms with van der Waals surface area (Å²) in [6.07, 6.45) is 6.25. The Morgan fingerprint density at radius 3 is 0.844 bits per heavy atom. The number of aliphatic hydroxyl groups is 3. The predicted octanol–water partition coefficient (Wildman–Crippen LogP) is 16.4. The van der Waals surface area contributed by atoms with Crippen molar-refractivity contribution in [1.29, 1.82) is 0 Å². The molecule has 0 spiro atoms. The zero-order chi connectivity index (χ0) is 48.9. The third-order valence-corrected chi connectivity index (χ3v) is 7.32. The second kappa shape index (κ2) is 53.0. The molecule has 0 aromatic heterocycles. The minimum atomic E-state index is -0.833. The number of aliphatic carboxylic acids is 1. The van der Waals surface area contributed by atoms with Crippen LogP contribution in [0.1, 0.15) is 158 Å². The number of carboxylic acids is 1. The molecule has 1 aliphatic rings. The van der Waals surface area contributed by atoms with Gasteiger partial charge in [0.25, 0.3) is 5.97 Å². The van der Waals surface area contributed by atoms with E-state index in [1.807, 2.05) is 27.7 Å². The van der Waals surface area contributed by atoms with Crippen molar-refractivity contribution in [2.24, 2.45) is 0 Å². The first-order chi connectivity index (χ1) is 30.2. The molecule has 4 N–H and O–H groups in total. The minimum absolute atomic E-state index is 0. The van der Waals surface area contributed by atoms with E-state index >= 15 is 0 Å². The summed E-state index contributed by atoms with van der Waals surface area (Å²) in [5.41, 5.74) is 7.64. The fourth-order valence-corrected chi connectivity index (χ4v) is 5.87. The van der Waals surface area contributed by atoms with Gasteiger partial charge in [-0.2, -0.15) is 0 Å². The van der Waals surface area contributed by atoms with E-state index in [2.05, 4.69) is 203 Å². The van der Waals surface area contributed by atoms with E-state index < -0.39 is 5.97 Å². The topological polar surface area (TPSA) is 98.0 Å². The molecular formula is C57H90O5Y2. The van der Waals surface area contributed by atoms with Crippen LogP contribution in [0.4, 0.5) is 0 Å². The Morgan fingerprint density at radius 1 is 0.391 bits per heavy atom. The first kappa shape index (κ1) is 75.7. The molecule has 0 saturated heterocycles. The number of hydrogen-bond acceptors (Lipinski definition) is 4. The molecule has 0 unspecified atom stereocenters. The van der Waals surface area contributed by atoms with Gasteiger partial charge in [-0.25, -0.2) is 0 Å². The predicted molar refractivity (Wildman–Crippen MR) is 279 cm³/mol. The normalized spacial score (nSPS) is 9.33. The summed E-state index contributed by atoms with van der Waals surface area (Å²) in [4.78, 5) is 9.00. The monoisotopic (exact) mass is 1030 g/mol. The van der Waals surface area contributed by atoms with Gasteiger partial charge in [-0.1, -0.05) is 250 Å². The number of hydrogen-bond donors (Lipinski definition) is 4. The minimum Gasteiger partial charge on any atom is -0.481 e. The Bertz CT molecular complexity index is 1750. The van der Waals surface area contributed by atoms with Gasteiger partial charge in [0.15, 0.2) is 0 Å². The van der Waals surface area contributed by atoms with Crippen molar-refractivity contribution >= 4 is 27.5 Å². The van der Waals surface area contributed by atoms with E-state index in [1.165, 1.54) is 87.0 Å². The maximum Gasteiger partial charge on any atom is 0.300 e. The van der Waals surface area contributed by atoms with Gasteiger partial charge in [0.05, 0.1) is 5.41 Å². The first-order valence-corrected chi connectivity index (χ1v) is 22.9. The molecule has 0 saturated carbocycles. The standard InChI is InChI=1S/C33H22.5C3H8.C2H4O2.2C2H6.3CH4O.2Y/c1-3-11-25-21-27(19-17-23(25)9-1)33(28-20-18-24-10-2-4-12-26(24)22-28)31-15-7-5-13-29(31)30-14-6-8-16-32(30)33;5*1-3-2;1-2(3)4;5*1-2;;/h1-22H;5*3H2,1-2H3;1H3,(H,3,4);2*1-2H3;3*2H,1H3;;. The quantitative estimate of drug-likeness (QED) is 0.138. The molecule has 0 atom stereocenters. The summed E-state index contributed by atoms with van der Waals surface area (Å²) in [5, 5.41) is 33.5. The smallest absolute Gasteiger partial charge is 0.300 e. The fourth-order valence-electron chi connectivity index (χ4n) is 5.87. The maximum atomic E-state index is 9.00. The van der Waals surface area contributed by atoms with Crippen LogP contribution in [0.15, 0.2) is 133 Å². The molecule has 64 heavy (non-hydrogen) atoms. The molecule has 0 amide bonds. The molecule has 0 bridgehead atoms. The van der Waals surface area contributed by atoms with Crippen molar-refractivity contribution in [1.82, 2.24) is 0 Å². The van der Waals surface area contributed by atoms with Crippen molar-refractivity contribution in [2.45, 2.75) is 141 Å². The molecule has 0 fully saturated rings. The Hall–Kier alpha value is -2.60. The summed E-state index contributed by atoms with van der Waals surface area (Å²) in [6.45, 7) is 30.3. The van der Waals surface area contributed by atoms with Crippen LogP contribution in [0, 0.1) is 0 Å². The van der Waals surface area contributed by atoms with E-state index in [1.54, 1.807) is 0 Å². The van der Waals surface area contributed by atoms with Gasteiger partial charge in [0, 0.05) is 93.7 Å². The van der Waals surface area contributed by atoms with Gasteiger partial charge in [0.2, 0.25) is 0 Å². The van der Waals surface area contributed by atoms with E-state index in [4.69, 9.17) is 25.2 Å². The van der Waals surface area contributed by atoms with Crippen molar-refractivity contribution in [2.75, 3.05) is 21.3 Å². The summed E-state index contributed by atoms with van der Waals surface area (Å²) in [7, 11) is 3.00. The molecule has 6 aromatic rings. The van der Waals surface area contributed by atoms with Gasteiger partial charge < -0.3 is 20.4 Å². The molecule has 0 aliphatic heterocycles. The zero-order valence-corrected chi connectivity index (χ0v) is 49.3. The molecule has 2 radical (unpaired) electrons. The van der Waals surface area contributed by atoms with Crippen molar-refractivity contribution in [3.05, 3.63) is 156 Å². The molecule has 0 heterocycles.